The molecule has 1 aromatic rings. The van der Waals surface area contributed by atoms with Crippen LogP contribution in [-0.2, 0) is 11.3 Å². The Balaban J connectivity index is 2.50. The van der Waals surface area contributed by atoms with Gasteiger partial charge in [-0.05, 0) is 18.4 Å². The molecule has 0 radical (unpaired) electrons. The van der Waals surface area contributed by atoms with Gasteiger partial charge in [-0.1, -0.05) is 6.07 Å². The van der Waals surface area contributed by atoms with Crippen molar-refractivity contribution < 1.29 is 9.53 Å². The molecule has 0 spiro atoms. The zero-order valence-electron chi connectivity index (χ0n) is 9.53. The van der Waals surface area contributed by atoms with E-state index in [1.54, 1.807) is 17.8 Å². The summed E-state index contributed by atoms with van der Waals surface area (Å²) in [4.78, 5) is 15.4. The first kappa shape index (κ1) is 13.0. The number of thioether (sulfide) groups is 1. The Bertz CT molecular complexity index is 345. The second-order valence-electron chi connectivity index (χ2n) is 3.18. The van der Waals surface area contributed by atoms with E-state index in [-0.39, 0.29) is 0 Å². The number of methoxy groups -OCH3 is 1. The first-order valence-corrected chi connectivity index (χ1v) is 6.41. The molecule has 0 bridgehead atoms. The van der Waals surface area contributed by atoms with Crippen LogP contribution in [0, 0.1) is 0 Å². The predicted octanol–water partition coefficient (Wildman–Crippen LogP) is 1.32. The van der Waals surface area contributed by atoms with E-state index in [0.717, 1.165) is 18.0 Å². The second kappa shape index (κ2) is 7.24. The highest BCUT2D eigenvalue weighted by Gasteiger charge is 2.06. The largest absolute Gasteiger partial charge is 0.464 e. The summed E-state index contributed by atoms with van der Waals surface area (Å²) >= 11 is 1.79. The van der Waals surface area contributed by atoms with Gasteiger partial charge in [0.05, 0.1) is 12.8 Å². The van der Waals surface area contributed by atoms with Gasteiger partial charge in [0.2, 0.25) is 0 Å². The van der Waals surface area contributed by atoms with Crippen molar-refractivity contribution in [3.63, 3.8) is 0 Å². The van der Waals surface area contributed by atoms with Crippen molar-refractivity contribution in [2.75, 3.05) is 25.7 Å². The van der Waals surface area contributed by atoms with Crippen LogP contribution in [0.5, 0.6) is 0 Å². The van der Waals surface area contributed by atoms with Crippen LogP contribution < -0.4 is 5.32 Å². The number of pyridine rings is 1. The maximum absolute atomic E-state index is 11.2. The normalized spacial score (nSPS) is 10.1. The van der Waals surface area contributed by atoms with Crippen LogP contribution in [0.1, 0.15) is 16.2 Å². The fourth-order valence-corrected chi connectivity index (χ4v) is 1.54. The van der Waals surface area contributed by atoms with Gasteiger partial charge in [0, 0.05) is 18.8 Å². The highest BCUT2D eigenvalue weighted by molar-refractivity contribution is 7.98. The van der Waals surface area contributed by atoms with E-state index in [9.17, 15) is 4.79 Å². The van der Waals surface area contributed by atoms with Crippen molar-refractivity contribution in [1.82, 2.24) is 10.3 Å². The summed E-state index contributed by atoms with van der Waals surface area (Å²) in [6, 6.07) is 5.35. The summed E-state index contributed by atoms with van der Waals surface area (Å²) in [5.41, 5.74) is 1.20. The van der Waals surface area contributed by atoms with E-state index >= 15 is 0 Å². The molecule has 88 valence electrons. The number of hydrogen-bond acceptors (Lipinski definition) is 5. The topological polar surface area (TPSA) is 51.2 Å². The Morgan fingerprint density at radius 3 is 3.06 bits per heavy atom. The molecule has 0 aliphatic heterocycles. The number of carbonyl (C=O) groups excluding carboxylic acids is 1. The highest BCUT2D eigenvalue weighted by atomic mass is 32.2. The van der Waals surface area contributed by atoms with E-state index in [4.69, 9.17) is 0 Å². The van der Waals surface area contributed by atoms with Gasteiger partial charge < -0.3 is 10.1 Å². The third-order valence-corrected chi connectivity index (χ3v) is 2.60. The molecule has 0 fully saturated rings. The number of ether oxygens (including phenoxy) is 1. The molecule has 0 saturated carbocycles. The molecular weight excluding hydrogens is 224 g/mol. The molecule has 0 unspecified atom stereocenters. The van der Waals surface area contributed by atoms with Crippen LogP contribution in [0.2, 0.25) is 0 Å². The van der Waals surface area contributed by atoms with E-state index in [1.165, 1.54) is 7.11 Å². The fourth-order valence-electron chi connectivity index (χ4n) is 1.19. The zero-order valence-corrected chi connectivity index (χ0v) is 10.3. The molecule has 1 N–H and O–H groups in total. The van der Waals surface area contributed by atoms with Crippen LogP contribution in [0.25, 0.3) is 0 Å². The van der Waals surface area contributed by atoms with E-state index < -0.39 is 5.97 Å². The van der Waals surface area contributed by atoms with Crippen LogP contribution in [0.15, 0.2) is 18.2 Å². The number of esters is 1. The maximum Gasteiger partial charge on any atom is 0.356 e. The lowest BCUT2D eigenvalue weighted by Crippen LogP contribution is -2.18. The Morgan fingerprint density at radius 1 is 1.56 bits per heavy atom. The summed E-state index contributed by atoms with van der Waals surface area (Å²) in [6.45, 7) is 1.61. The van der Waals surface area contributed by atoms with Gasteiger partial charge in [0.1, 0.15) is 5.69 Å². The first-order chi connectivity index (χ1) is 7.77. The lowest BCUT2D eigenvalue weighted by molar-refractivity contribution is 0.0593. The van der Waals surface area contributed by atoms with Crippen LogP contribution in [0.3, 0.4) is 0 Å². The Hall–Kier alpha value is -1.07. The number of aromatic nitrogens is 1. The third-order valence-electron chi connectivity index (χ3n) is 1.99. The van der Waals surface area contributed by atoms with Crippen molar-refractivity contribution in [2.45, 2.75) is 6.54 Å². The minimum atomic E-state index is -0.397. The standard InChI is InChI=1S/C11H16N2O2S/c1-15-11(14)10-5-3-4-9(13-10)8-12-6-7-16-2/h3-5,12H,6-8H2,1-2H3. The average molecular weight is 240 g/mol. The number of hydrogen-bond donors (Lipinski definition) is 1. The average Bonchev–Trinajstić information content (AvgIpc) is 2.34. The number of rotatable bonds is 6. The Labute approximate surface area is 99.8 Å². The van der Waals surface area contributed by atoms with Crippen LogP contribution in [-0.4, -0.2) is 36.6 Å². The summed E-state index contributed by atoms with van der Waals surface area (Å²) in [6.07, 6.45) is 2.07. The monoisotopic (exact) mass is 240 g/mol. The highest BCUT2D eigenvalue weighted by Crippen LogP contribution is 2.01. The van der Waals surface area contributed by atoms with Gasteiger partial charge in [-0.2, -0.15) is 11.8 Å². The molecule has 0 aliphatic rings. The second-order valence-corrected chi connectivity index (χ2v) is 4.16. The van der Waals surface area contributed by atoms with Gasteiger partial charge in [0.15, 0.2) is 0 Å². The minimum absolute atomic E-state index is 0.353. The maximum atomic E-state index is 11.2. The van der Waals surface area contributed by atoms with Crippen molar-refractivity contribution in [3.05, 3.63) is 29.6 Å². The van der Waals surface area contributed by atoms with Gasteiger partial charge in [-0.25, -0.2) is 9.78 Å². The summed E-state index contributed by atoms with van der Waals surface area (Å²) < 4.78 is 4.61. The molecule has 4 nitrogen and oxygen atoms in total. The number of nitrogens with one attached hydrogen (secondary N) is 1. The molecule has 16 heavy (non-hydrogen) atoms. The molecule has 1 rings (SSSR count). The molecule has 0 atom stereocenters. The molecular formula is C11H16N2O2S. The van der Waals surface area contributed by atoms with Gasteiger partial charge in [-0.3, -0.25) is 0 Å². The van der Waals surface area contributed by atoms with Crippen molar-refractivity contribution >= 4 is 17.7 Å². The van der Waals surface area contributed by atoms with Crippen molar-refractivity contribution in [2.24, 2.45) is 0 Å². The third kappa shape index (κ3) is 4.20. The molecule has 5 heteroatoms. The minimum Gasteiger partial charge on any atom is -0.464 e. The summed E-state index contributed by atoms with van der Waals surface area (Å²) in [7, 11) is 1.35. The van der Waals surface area contributed by atoms with Gasteiger partial charge in [0.25, 0.3) is 0 Å². The van der Waals surface area contributed by atoms with E-state index in [0.29, 0.717) is 12.2 Å². The Morgan fingerprint density at radius 2 is 2.38 bits per heavy atom. The quantitative estimate of drug-likeness (QED) is 0.600. The Kier molecular flexibility index (Phi) is 5.88. The molecule has 1 heterocycles. The smallest absolute Gasteiger partial charge is 0.356 e. The van der Waals surface area contributed by atoms with Crippen molar-refractivity contribution in [1.29, 1.82) is 0 Å². The van der Waals surface area contributed by atoms with Gasteiger partial charge >= 0.3 is 5.97 Å². The summed E-state index contributed by atoms with van der Waals surface area (Å²) in [5.74, 6) is 0.669. The predicted molar refractivity (Wildman–Crippen MR) is 65.7 cm³/mol. The molecule has 1 aromatic heterocycles. The zero-order chi connectivity index (χ0) is 11.8. The molecule has 0 aliphatic carbocycles. The number of carbonyl (C=O) groups is 1. The van der Waals surface area contributed by atoms with Crippen molar-refractivity contribution in [3.8, 4) is 0 Å². The van der Waals surface area contributed by atoms with Crippen LogP contribution in [0.4, 0.5) is 0 Å². The van der Waals surface area contributed by atoms with E-state index in [2.05, 4.69) is 21.3 Å². The molecule has 0 amide bonds. The van der Waals surface area contributed by atoms with E-state index in [1.807, 2.05) is 12.1 Å². The van der Waals surface area contributed by atoms with Gasteiger partial charge in [-0.15, -0.1) is 0 Å². The first-order valence-electron chi connectivity index (χ1n) is 5.02. The van der Waals surface area contributed by atoms with Crippen LogP contribution >= 0.6 is 11.8 Å². The molecule has 0 saturated heterocycles. The number of nitrogens with zero attached hydrogens (tertiary/aromatic N) is 1. The molecule has 0 aromatic carbocycles. The SMILES string of the molecule is COC(=O)c1cccc(CNCCSC)n1. The lowest BCUT2D eigenvalue weighted by Gasteiger charge is -2.04. The summed E-state index contributed by atoms with van der Waals surface area (Å²) in [5, 5.41) is 3.25. The fraction of sp³-hybridized carbons (Fsp3) is 0.455. The lowest BCUT2D eigenvalue weighted by atomic mass is 10.3.